The molecule has 1 saturated heterocycles. The third-order valence-corrected chi connectivity index (χ3v) is 10.2. The van der Waals surface area contributed by atoms with E-state index in [0.29, 0.717) is 34.5 Å². The van der Waals surface area contributed by atoms with Gasteiger partial charge in [-0.3, -0.25) is 9.32 Å². The molecule has 0 radical (unpaired) electrons. The first-order chi connectivity index (χ1) is 22.1. The molecule has 1 aliphatic heterocycles. The Hall–Kier alpha value is -3.69. The number of amides is 1. The number of imidazole rings is 1. The second-order valence-corrected chi connectivity index (χ2v) is 14.1. The van der Waals surface area contributed by atoms with E-state index in [4.69, 9.17) is 20.3 Å². The second-order valence-electron chi connectivity index (χ2n) is 9.64. The molecule has 10 N–H and O–H groups in total. The van der Waals surface area contributed by atoms with Crippen LogP contribution in [0, 0.1) is 0 Å². The molecule has 1 amide bonds. The van der Waals surface area contributed by atoms with E-state index in [1.807, 2.05) is 0 Å². The smallest absolute Gasteiger partial charge is 0.390 e. The van der Waals surface area contributed by atoms with Crippen LogP contribution in [0.5, 0.6) is 0 Å². The molecule has 0 bridgehead atoms. The number of nitrogens with two attached hydrogens (primary N) is 1. The van der Waals surface area contributed by atoms with Crippen molar-refractivity contribution in [3.63, 3.8) is 0 Å². The third kappa shape index (κ3) is 8.82. The fourth-order valence-electron chi connectivity index (χ4n) is 4.48. The van der Waals surface area contributed by atoms with Gasteiger partial charge in [0.05, 0.1) is 24.4 Å². The summed E-state index contributed by atoms with van der Waals surface area (Å²) in [6.07, 6.45) is 4.70. The number of fused-ring (bicyclic) bond motifs is 2. The normalized spacial score (nSPS) is 21.3. The molecule has 4 aromatic heterocycles. The van der Waals surface area contributed by atoms with Crippen LogP contribution < -0.4 is 16.4 Å². The molecule has 0 aromatic carbocycles. The largest absolute Gasteiger partial charge is 0.490 e. The van der Waals surface area contributed by atoms with Gasteiger partial charge in [0.25, 0.3) is 0 Å². The Balaban J connectivity index is 1.20. The summed E-state index contributed by atoms with van der Waals surface area (Å²) >= 11 is 0. The van der Waals surface area contributed by atoms with Crippen LogP contribution in [0.4, 0.5) is 11.6 Å². The van der Waals surface area contributed by atoms with Crippen molar-refractivity contribution in [3.8, 4) is 0 Å². The number of H-pyrrole nitrogens is 1. The molecule has 26 heteroatoms. The summed E-state index contributed by atoms with van der Waals surface area (Å²) in [5, 5.41) is 16.7. The minimum atomic E-state index is -5.72. The van der Waals surface area contributed by atoms with Gasteiger partial charge in [0.15, 0.2) is 11.5 Å². The standard InChI is InChI=1S/C21H27N10O13P3/c22-18-16-11(1-2-14(33)23-3-4-24-19-17-20(27-8-25-17)29-10-28-19)6-31(21(16)30-9-26-18)15-5-12(32)13(42-15)7-41-46(37,38)44-47(39,40)43-45(34,35)36/h1-2,6,8-10,12-13,15,32H,3-5,7H2,(H,23,33)(H,37,38)(H,39,40)(H2,22,26,30)(H2,34,35,36)(H2,24,25,27,28,29)/b2-1+/t12?,13-,15-/m1/s1. The van der Waals surface area contributed by atoms with Crippen molar-refractivity contribution in [3.05, 3.63) is 36.8 Å². The molecule has 1 fully saturated rings. The van der Waals surface area contributed by atoms with Gasteiger partial charge < -0.3 is 55.3 Å². The van der Waals surface area contributed by atoms with Gasteiger partial charge in [0, 0.05) is 37.3 Å². The Morgan fingerprint density at radius 3 is 2.62 bits per heavy atom. The molecule has 0 spiro atoms. The van der Waals surface area contributed by atoms with E-state index in [1.54, 1.807) is 0 Å². The molecule has 0 saturated carbocycles. The number of aromatic amines is 1. The number of nitrogens with one attached hydrogen (secondary N) is 3. The molecule has 4 aromatic rings. The molecule has 254 valence electrons. The lowest BCUT2D eigenvalue weighted by molar-refractivity contribution is -0.116. The fourth-order valence-corrected chi connectivity index (χ4v) is 7.51. The summed E-state index contributed by atoms with van der Waals surface area (Å²) in [5.74, 6) is 0.143. The van der Waals surface area contributed by atoms with Crippen LogP contribution in [0.15, 0.2) is 31.3 Å². The maximum absolute atomic E-state index is 12.5. The molecule has 5 heterocycles. The zero-order valence-electron chi connectivity index (χ0n) is 23.6. The van der Waals surface area contributed by atoms with Crippen LogP contribution >= 0.6 is 23.5 Å². The van der Waals surface area contributed by atoms with Crippen molar-refractivity contribution >= 4 is 69.3 Å². The minimum absolute atomic E-state index is 0.0790. The van der Waals surface area contributed by atoms with Gasteiger partial charge >= 0.3 is 23.5 Å². The van der Waals surface area contributed by atoms with Crippen LogP contribution in [0.1, 0.15) is 18.2 Å². The van der Waals surface area contributed by atoms with Gasteiger partial charge in [-0.05, 0) is 6.08 Å². The number of aliphatic hydroxyl groups excluding tert-OH is 1. The highest BCUT2D eigenvalue weighted by Crippen LogP contribution is 2.66. The van der Waals surface area contributed by atoms with Crippen LogP contribution in [0.3, 0.4) is 0 Å². The van der Waals surface area contributed by atoms with Gasteiger partial charge in [0.1, 0.15) is 42.0 Å². The van der Waals surface area contributed by atoms with Crippen molar-refractivity contribution in [2.24, 2.45) is 0 Å². The maximum Gasteiger partial charge on any atom is 0.490 e. The topological polar surface area (TPSA) is 342 Å². The minimum Gasteiger partial charge on any atom is -0.390 e. The zero-order chi connectivity index (χ0) is 34.0. The second kappa shape index (κ2) is 13.8. The van der Waals surface area contributed by atoms with E-state index in [9.17, 15) is 33.4 Å². The van der Waals surface area contributed by atoms with Gasteiger partial charge in [-0.2, -0.15) is 8.62 Å². The van der Waals surface area contributed by atoms with E-state index >= 15 is 0 Å². The Labute approximate surface area is 262 Å². The number of nitrogens with zero attached hydrogens (tertiary/aromatic N) is 6. The Morgan fingerprint density at radius 1 is 1.09 bits per heavy atom. The van der Waals surface area contributed by atoms with Crippen LogP contribution in [-0.2, 0) is 36.4 Å². The summed E-state index contributed by atoms with van der Waals surface area (Å²) in [6.45, 7) is -0.284. The molecule has 3 unspecified atom stereocenters. The average Bonchev–Trinajstić information content (AvgIpc) is 3.69. The van der Waals surface area contributed by atoms with Crippen LogP contribution in [-0.4, -0.2) is 97.0 Å². The van der Waals surface area contributed by atoms with E-state index in [1.165, 1.54) is 41.9 Å². The number of nitrogen functional groups attached to an aromatic ring is 1. The summed E-state index contributed by atoms with van der Waals surface area (Å²) in [5.41, 5.74) is 7.89. The number of carbonyl (C=O) groups is 1. The number of hydrogen-bond donors (Lipinski definition) is 9. The lowest BCUT2D eigenvalue weighted by Gasteiger charge is -2.19. The quantitative estimate of drug-likeness (QED) is 0.0467. The first-order valence-electron chi connectivity index (χ1n) is 13.2. The Morgan fingerprint density at radius 2 is 1.85 bits per heavy atom. The number of aromatic nitrogens is 7. The van der Waals surface area contributed by atoms with Crippen molar-refractivity contribution < 1.29 is 61.1 Å². The van der Waals surface area contributed by atoms with Gasteiger partial charge in [-0.1, -0.05) is 0 Å². The molecular weight excluding hydrogens is 693 g/mol. The lowest BCUT2D eigenvalue weighted by Crippen LogP contribution is -2.27. The zero-order valence-corrected chi connectivity index (χ0v) is 26.3. The first kappa shape index (κ1) is 34.6. The molecule has 5 atom stereocenters. The molecule has 0 aliphatic carbocycles. The fraction of sp³-hybridized carbons (Fsp3) is 0.333. The van der Waals surface area contributed by atoms with E-state index < -0.39 is 54.4 Å². The maximum atomic E-state index is 12.5. The monoisotopic (exact) mass is 720 g/mol. The average molecular weight is 720 g/mol. The number of anilines is 2. The predicted octanol–water partition coefficient (Wildman–Crippen LogP) is -0.0870. The first-order valence-corrected chi connectivity index (χ1v) is 17.7. The summed E-state index contributed by atoms with van der Waals surface area (Å²) in [4.78, 5) is 72.3. The van der Waals surface area contributed by atoms with Crippen LogP contribution in [0.25, 0.3) is 28.3 Å². The number of phosphoric ester groups is 1. The molecule has 5 rings (SSSR count). The van der Waals surface area contributed by atoms with Crippen molar-refractivity contribution in [1.29, 1.82) is 0 Å². The molecule has 47 heavy (non-hydrogen) atoms. The summed E-state index contributed by atoms with van der Waals surface area (Å²) < 4.78 is 53.6. The van der Waals surface area contributed by atoms with E-state index in [0.717, 1.165) is 0 Å². The number of rotatable bonds is 14. The van der Waals surface area contributed by atoms with Crippen LogP contribution in [0.2, 0.25) is 0 Å². The van der Waals surface area contributed by atoms with Gasteiger partial charge in [0.2, 0.25) is 5.91 Å². The molecule has 23 nitrogen and oxygen atoms in total. The summed E-state index contributed by atoms with van der Waals surface area (Å²) in [6, 6.07) is 0. The number of carbonyl (C=O) groups excluding carboxylic acids is 1. The number of ether oxygens (including phenoxy) is 1. The highest BCUT2D eigenvalue weighted by Gasteiger charge is 2.43. The van der Waals surface area contributed by atoms with E-state index in [2.05, 4.69) is 53.7 Å². The molecular formula is C21H27N10O13P3. The number of phosphoric acid groups is 3. The Kier molecular flexibility index (Phi) is 10.2. The third-order valence-electron chi connectivity index (χ3n) is 6.35. The van der Waals surface area contributed by atoms with Gasteiger partial charge in [-0.25, -0.2) is 38.6 Å². The SMILES string of the molecule is Nc1ncnc2c1c(/C=C/C(=O)NCCNc1ncnc3[nH]cnc13)cn2[C@H]1CC(O)[C@@H](COP(=O)(O)OP(=O)(O)OP(=O)(O)O)O1. The summed E-state index contributed by atoms with van der Waals surface area (Å²) in [7, 11) is -16.7. The number of aliphatic hydroxyl groups is 1. The van der Waals surface area contributed by atoms with Crippen molar-refractivity contribution in [2.75, 3.05) is 30.7 Å². The molecule has 1 aliphatic rings. The Bertz CT molecular complexity index is 1950. The lowest BCUT2D eigenvalue weighted by atomic mass is 10.2. The number of hydrogen-bond acceptors (Lipinski definition) is 16. The van der Waals surface area contributed by atoms with Crippen molar-refractivity contribution in [2.45, 2.75) is 24.9 Å². The highest BCUT2D eigenvalue weighted by atomic mass is 31.3. The van der Waals surface area contributed by atoms with Gasteiger partial charge in [-0.15, -0.1) is 0 Å². The van der Waals surface area contributed by atoms with E-state index in [-0.39, 0.29) is 24.4 Å². The highest BCUT2D eigenvalue weighted by molar-refractivity contribution is 7.66. The predicted molar refractivity (Wildman–Crippen MR) is 159 cm³/mol. The van der Waals surface area contributed by atoms with Crippen molar-refractivity contribution in [1.82, 2.24) is 39.8 Å².